The van der Waals surface area contributed by atoms with Crippen molar-refractivity contribution in [2.45, 2.75) is 19.1 Å². The maximum atomic E-state index is 12.5. The Morgan fingerprint density at radius 1 is 1.16 bits per heavy atom. The highest BCUT2D eigenvalue weighted by atomic mass is 16.2. The second-order valence-corrected chi connectivity index (χ2v) is 5.63. The summed E-state index contributed by atoms with van der Waals surface area (Å²) in [5.74, 6) is -0.484. The standard InChI is InChI=1S/C18H19N5O2/c19-16(24)10-17-22-15(13-6-2-1-3-7-13)12-23(17)18(25)21-11-14-8-4-5-9-20-14/h1-9,12,17,22H,10-11H2,(H2,19,24)(H,21,25)/t17-/m0/s1. The fourth-order valence-corrected chi connectivity index (χ4v) is 2.59. The third-order valence-electron chi connectivity index (χ3n) is 3.79. The highest BCUT2D eigenvalue weighted by molar-refractivity contribution is 5.82. The molecule has 1 aliphatic heterocycles. The van der Waals surface area contributed by atoms with E-state index in [1.54, 1.807) is 12.4 Å². The molecule has 3 rings (SSSR count). The van der Waals surface area contributed by atoms with Crippen molar-refractivity contribution in [1.82, 2.24) is 20.5 Å². The lowest BCUT2D eigenvalue weighted by Gasteiger charge is -2.23. The van der Waals surface area contributed by atoms with Gasteiger partial charge in [0.2, 0.25) is 5.91 Å². The zero-order valence-corrected chi connectivity index (χ0v) is 13.6. The van der Waals surface area contributed by atoms with E-state index in [1.807, 2.05) is 48.5 Å². The number of nitrogens with two attached hydrogens (primary N) is 1. The average molecular weight is 337 g/mol. The number of hydrogen-bond donors (Lipinski definition) is 3. The number of nitrogens with one attached hydrogen (secondary N) is 2. The highest BCUT2D eigenvalue weighted by Gasteiger charge is 2.30. The number of carbonyl (C=O) groups excluding carboxylic acids is 2. The number of rotatable bonds is 5. The Morgan fingerprint density at radius 2 is 1.92 bits per heavy atom. The molecule has 0 fully saturated rings. The van der Waals surface area contributed by atoms with Gasteiger partial charge < -0.3 is 16.4 Å². The van der Waals surface area contributed by atoms with Gasteiger partial charge >= 0.3 is 6.03 Å². The van der Waals surface area contributed by atoms with Crippen LogP contribution in [0, 0.1) is 0 Å². The Hall–Kier alpha value is -3.35. The van der Waals surface area contributed by atoms with Crippen LogP contribution in [0.15, 0.2) is 60.9 Å². The first kappa shape index (κ1) is 16.5. The summed E-state index contributed by atoms with van der Waals surface area (Å²) in [5.41, 5.74) is 7.76. The van der Waals surface area contributed by atoms with Crippen LogP contribution >= 0.6 is 0 Å². The van der Waals surface area contributed by atoms with E-state index < -0.39 is 12.1 Å². The fourth-order valence-electron chi connectivity index (χ4n) is 2.59. The minimum atomic E-state index is -0.517. The molecule has 0 aliphatic carbocycles. The van der Waals surface area contributed by atoms with Crippen molar-refractivity contribution in [3.05, 3.63) is 72.2 Å². The first-order valence-corrected chi connectivity index (χ1v) is 7.91. The van der Waals surface area contributed by atoms with Crippen LogP contribution in [0.25, 0.3) is 5.70 Å². The Labute approximate surface area is 145 Å². The van der Waals surface area contributed by atoms with Crippen LogP contribution < -0.4 is 16.4 Å². The molecule has 7 heteroatoms. The lowest BCUT2D eigenvalue weighted by Crippen LogP contribution is -2.46. The van der Waals surface area contributed by atoms with Gasteiger partial charge in [-0.2, -0.15) is 0 Å². The monoisotopic (exact) mass is 337 g/mol. The van der Waals surface area contributed by atoms with Gasteiger partial charge in [0.1, 0.15) is 6.17 Å². The van der Waals surface area contributed by atoms with Gasteiger partial charge in [-0.25, -0.2) is 4.79 Å². The van der Waals surface area contributed by atoms with Gasteiger partial charge in [0.05, 0.1) is 24.4 Å². The summed E-state index contributed by atoms with van der Waals surface area (Å²) in [6.07, 6.45) is 2.86. The van der Waals surface area contributed by atoms with Crippen LogP contribution in [0.4, 0.5) is 4.79 Å². The topological polar surface area (TPSA) is 100 Å². The number of pyridine rings is 1. The molecule has 25 heavy (non-hydrogen) atoms. The Morgan fingerprint density at radius 3 is 2.60 bits per heavy atom. The van der Waals surface area contributed by atoms with E-state index >= 15 is 0 Å². The number of amides is 3. The van der Waals surface area contributed by atoms with E-state index in [-0.39, 0.29) is 12.5 Å². The molecule has 0 unspecified atom stereocenters. The van der Waals surface area contributed by atoms with Gasteiger partial charge in [0.25, 0.3) is 0 Å². The minimum absolute atomic E-state index is 0.0177. The molecule has 7 nitrogen and oxygen atoms in total. The van der Waals surface area contributed by atoms with Crippen LogP contribution in [0.3, 0.4) is 0 Å². The molecule has 1 atom stereocenters. The van der Waals surface area contributed by atoms with Crippen LogP contribution in [0.5, 0.6) is 0 Å². The van der Waals surface area contributed by atoms with Crippen molar-refractivity contribution in [2.24, 2.45) is 5.73 Å². The normalized spacial score (nSPS) is 16.1. The molecule has 0 bridgehead atoms. The third kappa shape index (κ3) is 4.14. The molecule has 3 amide bonds. The molecule has 128 valence electrons. The number of hydrogen-bond acceptors (Lipinski definition) is 4. The van der Waals surface area contributed by atoms with Crippen molar-refractivity contribution in [3.8, 4) is 0 Å². The molecular formula is C18H19N5O2. The summed E-state index contributed by atoms with van der Waals surface area (Å²) in [5, 5.41) is 5.98. The number of urea groups is 1. The quantitative estimate of drug-likeness (QED) is 0.767. The second-order valence-electron chi connectivity index (χ2n) is 5.63. The second kappa shape index (κ2) is 7.48. The van der Waals surface area contributed by atoms with E-state index in [9.17, 15) is 9.59 Å². The molecule has 0 saturated heterocycles. The number of aromatic nitrogens is 1. The Balaban J connectivity index is 1.73. The largest absolute Gasteiger partial charge is 0.370 e. The van der Waals surface area contributed by atoms with Crippen LogP contribution in [0.1, 0.15) is 17.7 Å². The lowest BCUT2D eigenvalue weighted by atomic mass is 10.2. The molecule has 1 aliphatic rings. The van der Waals surface area contributed by atoms with Crippen molar-refractivity contribution in [3.63, 3.8) is 0 Å². The summed E-state index contributed by atoms with van der Waals surface area (Å²) in [4.78, 5) is 29.5. The molecular weight excluding hydrogens is 318 g/mol. The van der Waals surface area contributed by atoms with Gasteiger partial charge in [-0.15, -0.1) is 0 Å². The van der Waals surface area contributed by atoms with Crippen molar-refractivity contribution in [1.29, 1.82) is 0 Å². The summed E-state index contributed by atoms with van der Waals surface area (Å²) < 4.78 is 0. The van der Waals surface area contributed by atoms with Gasteiger partial charge in [-0.3, -0.25) is 14.7 Å². The van der Waals surface area contributed by atoms with Crippen molar-refractivity contribution in [2.75, 3.05) is 0 Å². The lowest BCUT2D eigenvalue weighted by molar-refractivity contribution is -0.118. The third-order valence-corrected chi connectivity index (χ3v) is 3.79. The van der Waals surface area contributed by atoms with E-state index in [4.69, 9.17) is 5.73 Å². The molecule has 1 aromatic heterocycles. The Bertz CT molecular complexity index is 777. The van der Waals surface area contributed by atoms with E-state index in [2.05, 4.69) is 15.6 Å². The van der Waals surface area contributed by atoms with Gasteiger partial charge in [-0.05, 0) is 17.7 Å². The predicted octanol–water partition coefficient (Wildman–Crippen LogP) is 1.40. The Kier molecular flexibility index (Phi) is 4.94. The summed E-state index contributed by atoms with van der Waals surface area (Å²) in [6.45, 7) is 0.300. The molecule has 0 spiro atoms. The van der Waals surface area contributed by atoms with Crippen molar-refractivity contribution < 1.29 is 9.59 Å². The number of benzene rings is 1. The van der Waals surface area contributed by atoms with Gasteiger partial charge in [0.15, 0.2) is 0 Å². The molecule has 4 N–H and O–H groups in total. The molecule has 0 radical (unpaired) electrons. The van der Waals surface area contributed by atoms with E-state index in [1.165, 1.54) is 4.90 Å². The summed E-state index contributed by atoms with van der Waals surface area (Å²) >= 11 is 0. The van der Waals surface area contributed by atoms with Gasteiger partial charge in [-0.1, -0.05) is 36.4 Å². The molecule has 0 saturated carbocycles. The van der Waals surface area contributed by atoms with E-state index in [0.29, 0.717) is 6.54 Å². The first-order valence-electron chi connectivity index (χ1n) is 7.91. The molecule has 2 aromatic rings. The maximum Gasteiger partial charge on any atom is 0.323 e. The SMILES string of the molecule is NC(=O)C[C@H]1NC(c2ccccc2)=CN1C(=O)NCc1ccccn1. The zero-order chi connectivity index (χ0) is 17.6. The summed E-state index contributed by atoms with van der Waals surface area (Å²) in [7, 11) is 0. The number of nitrogens with zero attached hydrogens (tertiary/aromatic N) is 2. The number of carbonyl (C=O) groups is 2. The highest BCUT2D eigenvalue weighted by Crippen LogP contribution is 2.22. The minimum Gasteiger partial charge on any atom is -0.370 e. The fraction of sp³-hybridized carbons (Fsp3) is 0.167. The van der Waals surface area contributed by atoms with Crippen LogP contribution in [-0.4, -0.2) is 28.0 Å². The molecule has 2 heterocycles. The number of primary amides is 1. The van der Waals surface area contributed by atoms with Crippen molar-refractivity contribution >= 4 is 17.6 Å². The van der Waals surface area contributed by atoms with Crippen LogP contribution in [0.2, 0.25) is 0 Å². The van der Waals surface area contributed by atoms with E-state index in [0.717, 1.165) is 17.0 Å². The smallest absolute Gasteiger partial charge is 0.323 e. The van der Waals surface area contributed by atoms with Crippen LogP contribution in [-0.2, 0) is 11.3 Å². The zero-order valence-electron chi connectivity index (χ0n) is 13.6. The molecule has 1 aromatic carbocycles. The predicted molar refractivity (Wildman–Crippen MR) is 93.5 cm³/mol. The summed E-state index contributed by atoms with van der Waals surface area (Å²) in [6, 6.07) is 14.8. The van der Waals surface area contributed by atoms with Gasteiger partial charge in [0, 0.05) is 12.4 Å². The average Bonchev–Trinajstić information content (AvgIpc) is 3.04. The maximum absolute atomic E-state index is 12.5. The first-order chi connectivity index (χ1) is 12.1.